The molecular formula is C23H30N2O5S. The van der Waals surface area contributed by atoms with Crippen molar-refractivity contribution in [3.63, 3.8) is 0 Å². The Morgan fingerprint density at radius 3 is 2.68 bits per heavy atom. The number of methoxy groups -OCH3 is 2. The number of fused-ring (bicyclic) bond motifs is 3. The summed E-state index contributed by atoms with van der Waals surface area (Å²) in [6.45, 7) is 2.78. The van der Waals surface area contributed by atoms with Crippen LogP contribution in [0.15, 0.2) is 23.1 Å². The number of hydrogen-bond donors (Lipinski definition) is 0. The maximum Gasteiger partial charge on any atom is 0.327 e. The summed E-state index contributed by atoms with van der Waals surface area (Å²) in [6, 6.07) is 5.64. The molecule has 0 bridgehead atoms. The normalized spacial score (nSPS) is 30.3. The van der Waals surface area contributed by atoms with Gasteiger partial charge in [0.05, 0.1) is 26.1 Å². The van der Waals surface area contributed by atoms with Crippen LogP contribution < -0.4 is 4.74 Å². The first kappa shape index (κ1) is 22.1. The van der Waals surface area contributed by atoms with Crippen molar-refractivity contribution < 1.29 is 23.9 Å². The third-order valence-corrected chi connectivity index (χ3v) is 8.27. The lowest BCUT2D eigenvalue weighted by Gasteiger charge is -2.44. The summed E-state index contributed by atoms with van der Waals surface area (Å²) in [5.41, 5.74) is -0.195. The van der Waals surface area contributed by atoms with Crippen LogP contribution in [0.25, 0.3) is 0 Å². The molecule has 0 spiro atoms. The highest BCUT2D eigenvalue weighted by atomic mass is 32.2. The Hall–Kier alpha value is -2.06. The van der Waals surface area contributed by atoms with Gasteiger partial charge in [-0.2, -0.15) is 0 Å². The summed E-state index contributed by atoms with van der Waals surface area (Å²) >= 11 is 1.73. The van der Waals surface area contributed by atoms with Crippen molar-refractivity contribution in [2.75, 3.05) is 33.6 Å². The third-order valence-electron chi connectivity index (χ3n) is 7.01. The van der Waals surface area contributed by atoms with Crippen LogP contribution in [0.1, 0.15) is 44.2 Å². The zero-order valence-corrected chi connectivity index (χ0v) is 19.4. The summed E-state index contributed by atoms with van der Waals surface area (Å²) in [4.78, 5) is 43.9. The first-order chi connectivity index (χ1) is 14.9. The Morgan fingerprint density at radius 2 is 2.00 bits per heavy atom. The highest BCUT2D eigenvalue weighted by Gasteiger charge is 2.72. The second-order valence-electron chi connectivity index (χ2n) is 8.51. The molecule has 3 heterocycles. The highest BCUT2D eigenvalue weighted by Crippen LogP contribution is 2.58. The SMILES string of the molecule is CCCSc1ccc(C2C3C(=O)N(C)C(=O)C3[C@]3(C(=O)OC)CCCCN23)cc1OC. The van der Waals surface area contributed by atoms with E-state index in [1.807, 2.05) is 18.2 Å². The molecule has 3 fully saturated rings. The van der Waals surface area contributed by atoms with Crippen molar-refractivity contribution in [3.05, 3.63) is 23.8 Å². The summed E-state index contributed by atoms with van der Waals surface area (Å²) in [5, 5.41) is 0. The van der Waals surface area contributed by atoms with E-state index in [0.717, 1.165) is 41.2 Å². The van der Waals surface area contributed by atoms with Crippen LogP contribution in [0.2, 0.25) is 0 Å². The molecule has 1 aromatic carbocycles. The van der Waals surface area contributed by atoms with E-state index in [-0.39, 0.29) is 17.9 Å². The lowest BCUT2D eigenvalue weighted by Crippen LogP contribution is -2.59. The van der Waals surface area contributed by atoms with E-state index in [1.165, 1.54) is 19.1 Å². The molecule has 3 aliphatic heterocycles. The first-order valence-electron chi connectivity index (χ1n) is 10.9. The number of rotatable bonds is 6. The van der Waals surface area contributed by atoms with Crippen LogP contribution in [0.5, 0.6) is 5.75 Å². The van der Waals surface area contributed by atoms with Gasteiger partial charge < -0.3 is 9.47 Å². The predicted molar refractivity (Wildman–Crippen MR) is 117 cm³/mol. The van der Waals surface area contributed by atoms with Crippen molar-refractivity contribution in [3.8, 4) is 5.75 Å². The van der Waals surface area contributed by atoms with Crippen molar-refractivity contribution in [2.45, 2.75) is 49.1 Å². The number of thioether (sulfide) groups is 1. The van der Waals surface area contributed by atoms with Gasteiger partial charge in [-0.3, -0.25) is 24.2 Å². The Kier molecular flexibility index (Phi) is 6.05. The molecule has 0 aliphatic carbocycles. The molecule has 0 N–H and O–H groups in total. The number of imide groups is 1. The van der Waals surface area contributed by atoms with E-state index in [9.17, 15) is 14.4 Å². The van der Waals surface area contributed by atoms with Gasteiger partial charge in [-0.1, -0.05) is 13.0 Å². The minimum Gasteiger partial charge on any atom is -0.496 e. The molecule has 3 saturated heterocycles. The molecule has 2 amide bonds. The number of nitrogens with zero attached hydrogens (tertiary/aromatic N) is 2. The molecule has 0 radical (unpaired) electrons. The molecule has 31 heavy (non-hydrogen) atoms. The third kappa shape index (κ3) is 3.18. The minimum atomic E-state index is -1.09. The number of benzene rings is 1. The molecule has 3 unspecified atom stereocenters. The average molecular weight is 447 g/mol. The molecule has 4 atom stereocenters. The van der Waals surface area contributed by atoms with Crippen molar-refractivity contribution in [1.29, 1.82) is 0 Å². The Labute approximate surface area is 187 Å². The van der Waals surface area contributed by atoms with Gasteiger partial charge in [0.25, 0.3) is 0 Å². The molecule has 0 saturated carbocycles. The second kappa shape index (κ2) is 8.47. The largest absolute Gasteiger partial charge is 0.496 e. The van der Waals surface area contributed by atoms with Crippen LogP contribution in [-0.4, -0.2) is 66.7 Å². The lowest BCUT2D eigenvalue weighted by atomic mass is 9.75. The maximum absolute atomic E-state index is 13.2. The van der Waals surface area contributed by atoms with Gasteiger partial charge in [-0.05, 0) is 55.7 Å². The van der Waals surface area contributed by atoms with E-state index in [1.54, 1.807) is 18.9 Å². The summed E-state index contributed by atoms with van der Waals surface area (Å²) < 4.78 is 10.9. The molecule has 4 rings (SSSR count). The van der Waals surface area contributed by atoms with Gasteiger partial charge in [0, 0.05) is 18.0 Å². The number of piperidine rings is 1. The lowest BCUT2D eigenvalue weighted by molar-refractivity contribution is -0.163. The van der Waals surface area contributed by atoms with Crippen LogP contribution in [-0.2, 0) is 19.1 Å². The zero-order valence-electron chi connectivity index (χ0n) is 18.6. The average Bonchev–Trinajstić information content (AvgIpc) is 3.23. The van der Waals surface area contributed by atoms with Crippen LogP contribution in [0, 0.1) is 11.8 Å². The van der Waals surface area contributed by atoms with E-state index in [0.29, 0.717) is 13.0 Å². The van der Waals surface area contributed by atoms with Gasteiger partial charge in [0.1, 0.15) is 11.3 Å². The topological polar surface area (TPSA) is 76.2 Å². The summed E-state index contributed by atoms with van der Waals surface area (Å²) in [7, 11) is 4.52. The van der Waals surface area contributed by atoms with Gasteiger partial charge >= 0.3 is 5.97 Å². The minimum absolute atomic E-state index is 0.221. The van der Waals surface area contributed by atoms with Crippen LogP contribution in [0.3, 0.4) is 0 Å². The molecule has 1 aromatic rings. The number of carbonyl (C=O) groups excluding carboxylic acids is 3. The zero-order chi connectivity index (χ0) is 22.3. The number of hydrogen-bond acceptors (Lipinski definition) is 7. The molecule has 8 heteroatoms. The number of carbonyl (C=O) groups is 3. The predicted octanol–water partition coefficient (Wildman–Crippen LogP) is 2.88. The summed E-state index contributed by atoms with van der Waals surface area (Å²) in [6.07, 6.45) is 3.31. The van der Waals surface area contributed by atoms with Gasteiger partial charge in [0.15, 0.2) is 0 Å². The number of likely N-dealkylation sites (tertiary alicyclic amines) is 1. The first-order valence-corrected chi connectivity index (χ1v) is 11.9. The number of esters is 1. The monoisotopic (exact) mass is 446 g/mol. The van der Waals surface area contributed by atoms with Crippen LogP contribution in [0.4, 0.5) is 0 Å². The smallest absolute Gasteiger partial charge is 0.327 e. The van der Waals surface area contributed by atoms with Gasteiger partial charge in [-0.25, -0.2) is 0 Å². The van der Waals surface area contributed by atoms with E-state index in [2.05, 4.69) is 11.8 Å². The summed E-state index contributed by atoms with van der Waals surface area (Å²) in [5.74, 6) is -0.498. The Bertz CT molecular complexity index is 906. The Morgan fingerprint density at radius 1 is 1.23 bits per heavy atom. The van der Waals surface area contributed by atoms with E-state index >= 15 is 0 Å². The fourth-order valence-corrected chi connectivity index (χ4v) is 6.57. The Balaban J connectivity index is 1.84. The standard InChI is InChI=1S/C23H30N2O5S/c1-5-12-31-16-9-8-14(13-15(16)29-3)19-17-18(21(27)24(2)20(17)26)23(22(28)30-4)10-6-7-11-25(19)23/h8-9,13,17-19H,5-7,10-12H2,1-4H3/t17?,18?,19?,23-/m0/s1. The fraction of sp³-hybridized carbons (Fsp3) is 0.609. The van der Waals surface area contributed by atoms with Crippen LogP contribution >= 0.6 is 11.8 Å². The highest BCUT2D eigenvalue weighted by molar-refractivity contribution is 7.99. The van der Waals surface area contributed by atoms with Crippen molar-refractivity contribution in [2.24, 2.45) is 11.8 Å². The number of amides is 2. The molecule has 3 aliphatic rings. The van der Waals surface area contributed by atoms with Gasteiger partial charge in [0.2, 0.25) is 11.8 Å². The molecule has 7 nitrogen and oxygen atoms in total. The molecule has 168 valence electrons. The quantitative estimate of drug-likeness (QED) is 0.378. The van der Waals surface area contributed by atoms with Crippen molar-refractivity contribution >= 4 is 29.5 Å². The molecular weight excluding hydrogens is 416 g/mol. The van der Waals surface area contributed by atoms with E-state index in [4.69, 9.17) is 9.47 Å². The molecule has 0 aromatic heterocycles. The van der Waals surface area contributed by atoms with E-state index < -0.39 is 23.3 Å². The van der Waals surface area contributed by atoms with Crippen molar-refractivity contribution in [1.82, 2.24) is 9.80 Å². The fourth-order valence-electron chi connectivity index (χ4n) is 5.70. The number of ether oxygens (including phenoxy) is 2. The maximum atomic E-state index is 13.2. The van der Waals surface area contributed by atoms with Gasteiger partial charge in [-0.15, -0.1) is 11.8 Å². The second-order valence-corrected chi connectivity index (χ2v) is 9.65.